The summed E-state index contributed by atoms with van der Waals surface area (Å²) in [7, 11) is 1.99. The van der Waals surface area contributed by atoms with Crippen molar-refractivity contribution in [1.82, 2.24) is 15.1 Å². The summed E-state index contributed by atoms with van der Waals surface area (Å²) in [6, 6.07) is 0.620. The van der Waals surface area contributed by atoms with Crippen molar-refractivity contribution in [3.05, 3.63) is 18.0 Å². The highest BCUT2D eigenvalue weighted by Crippen LogP contribution is 2.37. The highest BCUT2D eigenvalue weighted by molar-refractivity contribution is 5.04. The van der Waals surface area contributed by atoms with E-state index in [0.717, 1.165) is 11.8 Å². The van der Waals surface area contributed by atoms with E-state index in [9.17, 15) is 0 Å². The third-order valence-corrected chi connectivity index (χ3v) is 3.93. The summed E-state index contributed by atoms with van der Waals surface area (Å²) in [6.07, 6.45) is 9.50. The Balaban J connectivity index is 1.69. The number of aryl methyl sites for hydroxylation is 2. The number of hydrogen-bond donors (Lipinski definition) is 1. The van der Waals surface area contributed by atoms with E-state index in [0.29, 0.717) is 6.04 Å². The minimum atomic E-state index is 0.620. The zero-order valence-corrected chi connectivity index (χ0v) is 11.3. The first-order valence-electron chi connectivity index (χ1n) is 6.86. The Morgan fingerprint density at radius 3 is 2.71 bits per heavy atom. The molecule has 1 saturated carbocycles. The van der Waals surface area contributed by atoms with E-state index in [1.54, 1.807) is 0 Å². The molecule has 1 heterocycles. The maximum atomic E-state index is 4.22. The average Bonchev–Trinajstić information content (AvgIpc) is 2.62. The van der Waals surface area contributed by atoms with Crippen LogP contribution in [0.2, 0.25) is 0 Å². The Kier molecular flexibility index (Phi) is 4.21. The fraction of sp³-hybridized carbons (Fsp3) is 0.786. The number of nitrogens with zero attached hydrogens (tertiary/aromatic N) is 2. The van der Waals surface area contributed by atoms with Crippen LogP contribution in [0.1, 0.15) is 38.7 Å². The van der Waals surface area contributed by atoms with Crippen molar-refractivity contribution in [2.75, 3.05) is 6.54 Å². The van der Waals surface area contributed by atoms with Crippen LogP contribution in [0.3, 0.4) is 0 Å². The van der Waals surface area contributed by atoms with Crippen molar-refractivity contribution < 1.29 is 0 Å². The smallest absolute Gasteiger partial charge is 0.0521 e. The van der Waals surface area contributed by atoms with E-state index in [-0.39, 0.29) is 0 Å². The minimum Gasteiger partial charge on any atom is -0.314 e. The Hall–Kier alpha value is -0.830. The number of hydrogen-bond acceptors (Lipinski definition) is 2. The van der Waals surface area contributed by atoms with Crippen LogP contribution in [0.5, 0.6) is 0 Å². The largest absolute Gasteiger partial charge is 0.314 e. The molecule has 1 aliphatic carbocycles. The molecule has 1 fully saturated rings. The quantitative estimate of drug-likeness (QED) is 0.820. The number of nitrogens with one attached hydrogen (secondary N) is 1. The van der Waals surface area contributed by atoms with Gasteiger partial charge in [0.05, 0.1) is 6.20 Å². The van der Waals surface area contributed by atoms with Crippen LogP contribution in [-0.2, 0) is 13.5 Å². The van der Waals surface area contributed by atoms with Crippen molar-refractivity contribution in [2.45, 2.75) is 45.6 Å². The van der Waals surface area contributed by atoms with Gasteiger partial charge in [-0.2, -0.15) is 5.10 Å². The van der Waals surface area contributed by atoms with E-state index in [1.807, 2.05) is 17.9 Å². The summed E-state index contributed by atoms with van der Waals surface area (Å²) >= 11 is 0. The van der Waals surface area contributed by atoms with Crippen molar-refractivity contribution >= 4 is 0 Å². The summed E-state index contributed by atoms with van der Waals surface area (Å²) in [4.78, 5) is 0. The molecular weight excluding hydrogens is 210 g/mol. The standard InChI is InChI=1S/C14H25N3/c1-11(2)15-9-14-7-6-13(14)5-4-12-8-16-17(3)10-12/h8,10-11,13-15H,4-7,9H2,1-3H3. The molecule has 96 valence electrons. The van der Waals surface area contributed by atoms with Crippen molar-refractivity contribution in [3.8, 4) is 0 Å². The molecular formula is C14H25N3. The minimum absolute atomic E-state index is 0.620. The summed E-state index contributed by atoms with van der Waals surface area (Å²) in [5.74, 6) is 1.84. The van der Waals surface area contributed by atoms with Gasteiger partial charge in [-0.05, 0) is 49.6 Å². The van der Waals surface area contributed by atoms with Crippen LogP contribution in [0.25, 0.3) is 0 Å². The third-order valence-electron chi connectivity index (χ3n) is 3.93. The second-order valence-corrected chi connectivity index (χ2v) is 5.72. The fourth-order valence-electron chi connectivity index (χ4n) is 2.63. The van der Waals surface area contributed by atoms with Crippen LogP contribution >= 0.6 is 0 Å². The molecule has 0 radical (unpaired) electrons. The molecule has 0 amide bonds. The Morgan fingerprint density at radius 1 is 1.41 bits per heavy atom. The maximum Gasteiger partial charge on any atom is 0.0521 e. The van der Waals surface area contributed by atoms with E-state index < -0.39 is 0 Å². The molecule has 1 aromatic heterocycles. The molecule has 17 heavy (non-hydrogen) atoms. The molecule has 1 aliphatic rings. The van der Waals surface area contributed by atoms with Gasteiger partial charge in [-0.15, -0.1) is 0 Å². The van der Waals surface area contributed by atoms with Gasteiger partial charge in [0.15, 0.2) is 0 Å². The summed E-state index contributed by atoms with van der Waals surface area (Å²) in [5.41, 5.74) is 1.38. The first-order valence-corrected chi connectivity index (χ1v) is 6.86. The van der Waals surface area contributed by atoms with Crippen molar-refractivity contribution in [2.24, 2.45) is 18.9 Å². The molecule has 0 bridgehead atoms. The molecule has 0 aromatic carbocycles. The normalized spacial score (nSPS) is 24.0. The molecule has 2 atom stereocenters. The van der Waals surface area contributed by atoms with Crippen LogP contribution in [-0.4, -0.2) is 22.4 Å². The van der Waals surface area contributed by atoms with Gasteiger partial charge in [-0.3, -0.25) is 4.68 Å². The van der Waals surface area contributed by atoms with Gasteiger partial charge in [0.25, 0.3) is 0 Å². The second-order valence-electron chi connectivity index (χ2n) is 5.72. The molecule has 0 saturated heterocycles. The molecule has 1 N–H and O–H groups in total. The topological polar surface area (TPSA) is 29.9 Å². The van der Waals surface area contributed by atoms with Gasteiger partial charge < -0.3 is 5.32 Å². The first kappa shape index (κ1) is 12.6. The van der Waals surface area contributed by atoms with Crippen LogP contribution < -0.4 is 5.32 Å². The van der Waals surface area contributed by atoms with E-state index in [4.69, 9.17) is 0 Å². The number of rotatable bonds is 6. The van der Waals surface area contributed by atoms with Crippen molar-refractivity contribution in [3.63, 3.8) is 0 Å². The first-order chi connectivity index (χ1) is 8.15. The average molecular weight is 235 g/mol. The van der Waals surface area contributed by atoms with Gasteiger partial charge in [0, 0.05) is 19.3 Å². The Labute approximate surface area is 105 Å². The number of aromatic nitrogens is 2. The van der Waals surface area contributed by atoms with Crippen LogP contribution in [0, 0.1) is 11.8 Å². The molecule has 0 spiro atoms. The lowest BCUT2D eigenvalue weighted by Gasteiger charge is -2.37. The predicted molar refractivity (Wildman–Crippen MR) is 70.9 cm³/mol. The molecule has 3 heteroatoms. The fourth-order valence-corrected chi connectivity index (χ4v) is 2.63. The van der Waals surface area contributed by atoms with Gasteiger partial charge in [0.2, 0.25) is 0 Å². The lowest BCUT2D eigenvalue weighted by atomic mass is 9.71. The lowest BCUT2D eigenvalue weighted by Crippen LogP contribution is -2.38. The van der Waals surface area contributed by atoms with Gasteiger partial charge in [-0.25, -0.2) is 0 Å². The van der Waals surface area contributed by atoms with Crippen LogP contribution in [0.15, 0.2) is 12.4 Å². The maximum absolute atomic E-state index is 4.22. The zero-order chi connectivity index (χ0) is 12.3. The molecule has 1 aromatic rings. The summed E-state index contributed by atoms with van der Waals surface area (Å²) in [6.45, 7) is 5.65. The summed E-state index contributed by atoms with van der Waals surface area (Å²) < 4.78 is 1.90. The highest BCUT2D eigenvalue weighted by Gasteiger charge is 2.29. The van der Waals surface area contributed by atoms with Gasteiger partial charge >= 0.3 is 0 Å². The van der Waals surface area contributed by atoms with Gasteiger partial charge in [0.1, 0.15) is 0 Å². The molecule has 2 rings (SSSR count). The van der Waals surface area contributed by atoms with E-state index in [1.165, 1.54) is 37.8 Å². The Bertz CT molecular complexity index is 343. The van der Waals surface area contributed by atoms with Crippen LogP contribution in [0.4, 0.5) is 0 Å². The molecule has 2 unspecified atom stereocenters. The molecule has 0 aliphatic heterocycles. The van der Waals surface area contributed by atoms with Crippen molar-refractivity contribution in [1.29, 1.82) is 0 Å². The SMILES string of the molecule is CC(C)NCC1CCC1CCc1cnn(C)c1. The second kappa shape index (κ2) is 5.67. The van der Waals surface area contributed by atoms with E-state index in [2.05, 4.69) is 30.5 Å². The summed E-state index contributed by atoms with van der Waals surface area (Å²) in [5, 5.41) is 7.78. The highest BCUT2D eigenvalue weighted by atomic mass is 15.2. The lowest BCUT2D eigenvalue weighted by molar-refractivity contribution is 0.158. The monoisotopic (exact) mass is 235 g/mol. The Morgan fingerprint density at radius 2 is 2.18 bits per heavy atom. The third kappa shape index (κ3) is 3.56. The predicted octanol–water partition coefficient (Wildman–Crippen LogP) is 2.38. The zero-order valence-electron chi connectivity index (χ0n) is 11.3. The van der Waals surface area contributed by atoms with Gasteiger partial charge in [-0.1, -0.05) is 13.8 Å². The van der Waals surface area contributed by atoms with E-state index >= 15 is 0 Å². The molecule has 3 nitrogen and oxygen atoms in total.